The molecule has 5 amide bonds. The molecule has 1 rings (SSSR count). The number of rotatable bonds is 1. The second kappa shape index (κ2) is 4.48. The number of primary amides is 1. The maximum Gasteiger partial charge on any atom is 0.426 e. The van der Waals surface area contributed by atoms with Crippen molar-refractivity contribution in [3.05, 3.63) is 0 Å². The van der Waals surface area contributed by atoms with Gasteiger partial charge in [0.2, 0.25) is 0 Å². The summed E-state index contributed by atoms with van der Waals surface area (Å²) in [6.45, 7) is 5.43. The van der Waals surface area contributed by atoms with Crippen LogP contribution in [0.2, 0.25) is 0 Å². The summed E-state index contributed by atoms with van der Waals surface area (Å²) in [5.74, 6) is 0. The van der Waals surface area contributed by atoms with Crippen LogP contribution in [-0.4, -0.2) is 46.8 Å². The predicted molar refractivity (Wildman–Crippen MR) is 57.8 cm³/mol. The Hall–Kier alpha value is -1.99. The Balaban J connectivity index is 2.52. The Labute approximate surface area is 98.6 Å². The van der Waals surface area contributed by atoms with Gasteiger partial charge in [-0.2, -0.15) is 0 Å². The topological polar surface area (TPSA) is 105 Å². The lowest BCUT2D eigenvalue weighted by Crippen LogP contribution is -2.48. The van der Waals surface area contributed by atoms with Crippen molar-refractivity contribution in [3.8, 4) is 0 Å². The van der Waals surface area contributed by atoms with E-state index in [0.717, 1.165) is 9.91 Å². The average molecular weight is 244 g/mol. The number of hydrogen-bond donors (Lipinski definition) is 2. The Morgan fingerprint density at radius 1 is 1.35 bits per heavy atom. The molecule has 1 aliphatic heterocycles. The third-order valence-electron chi connectivity index (χ3n) is 1.90. The predicted octanol–water partition coefficient (Wildman–Crippen LogP) is 0.242. The zero-order chi connectivity index (χ0) is 13.2. The molecule has 96 valence electrons. The van der Waals surface area contributed by atoms with Crippen molar-refractivity contribution < 1.29 is 19.1 Å². The summed E-state index contributed by atoms with van der Waals surface area (Å²) in [5, 5.41) is 0.985. The maximum absolute atomic E-state index is 11.5. The van der Waals surface area contributed by atoms with E-state index in [-0.39, 0.29) is 13.1 Å². The zero-order valence-corrected chi connectivity index (χ0v) is 10.0. The van der Waals surface area contributed by atoms with E-state index in [2.05, 4.69) is 5.43 Å². The number of amides is 5. The van der Waals surface area contributed by atoms with Crippen molar-refractivity contribution in [3.63, 3.8) is 0 Å². The van der Waals surface area contributed by atoms with E-state index in [1.165, 1.54) is 0 Å². The van der Waals surface area contributed by atoms with Gasteiger partial charge in [-0.25, -0.2) is 29.7 Å². The maximum atomic E-state index is 11.5. The molecule has 3 N–H and O–H groups in total. The van der Waals surface area contributed by atoms with Crippen LogP contribution in [-0.2, 0) is 4.74 Å². The number of imide groups is 1. The summed E-state index contributed by atoms with van der Waals surface area (Å²) in [6, 6.07) is -1.51. The van der Waals surface area contributed by atoms with Crippen LogP contribution in [0.15, 0.2) is 0 Å². The van der Waals surface area contributed by atoms with Crippen LogP contribution in [0.25, 0.3) is 0 Å². The van der Waals surface area contributed by atoms with E-state index < -0.39 is 23.8 Å². The third kappa shape index (κ3) is 3.51. The van der Waals surface area contributed by atoms with E-state index in [1.54, 1.807) is 20.8 Å². The second-order valence-electron chi connectivity index (χ2n) is 4.54. The van der Waals surface area contributed by atoms with Gasteiger partial charge in [-0.05, 0) is 20.8 Å². The Bertz CT molecular complexity index is 349. The minimum absolute atomic E-state index is 0.143. The number of hydrogen-bond acceptors (Lipinski definition) is 4. The lowest BCUT2D eigenvalue weighted by molar-refractivity contribution is 0.0398. The highest BCUT2D eigenvalue weighted by molar-refractivity contribution is 5.94. The molecule has 0 unspecified atom stereocenters. The van der Waals surface area contributed by atoms with E-state index in [1.807, 2.05) is 0 Å². The van der Waals surface area contributed by atoms with Crippen molar-refractivity contribution in [1.29, 1.82) is 0 Å². The SMILES string of the molecule is CC(C)(C)OC(=O)NN1CCN(C(N)=O)C1=O. The summed E-state index contributed by atoms with van der Waals surface area (Å²) >= 11 is 0. The molecule has 0 aromatic carbocycles. The summed E-state index contributed by atoms with van der Waals surface area (Å²) in [4.78, 5) is 34.6. The quantitative estimate of drug-likeness (QED) is 0.689. The number of urea groups is 2. The molecule has 1 saturated heterocycles. The first kappa shape index (κ1) is 13.1. The smallest absolute Gasteiger partial charge is 0.426 e. The molecule has 0 saturated carbocycles. The van der Waals surface area contributed by atoms with Crippen molar-refractivity contribution in [2.24, 2.45) is 5.73 Å². The minimum atomic E-state index is -0.844. The van der Waals surface area contributed by atoms with E-state index >= 15 is 0 Å². The van der Waals surface area contributed by atoms with Crippen LogP contribution in [0.5, 0.6) is 0 Å². The molecular weight excluding hydrogens is 228 g/mol. The van der Waals surface area contributed by atoms with Gasteiger partial charge in [0.05, 0.1) is 13.1 Å². The van der Waals surface area contributed by atoms with Crippen LogP contribution in [0, 0.1) is 0 Å². The van der Waals surface area contributed by atoms with Crippen LogP contribution < -0.4 is 11.2 Å². The molecule has 8 heteroatoms. The molecule has 0 bridgehead atoms. The average Bonchev–Trinajstić information content (AvgIpc) is 2.44. The zero-order valence-electron chi connectivity index (χ0n) is 10.0. The normalized spacial score (nSPS) is 16.1. The molecule has 17 heavy (non-hydrogen) atoms. The highest BCUT2D eigenvalue weighted by Gasteiger charge is 2.33. The van der Waals surface area contributed by atoms with Crippen molar-refractivity contribution >= 4 is 18.2 Å². The summed E-state index contributed by atoms with van der Waals surface area (Å²) in [5.41, 5.74) is 6.57. The number of nitrogens with zero attached hydrogens (tertiary/aromatic N) is 2. The van der Waals surface area contributed by atoms with Crippen LogP contribution in [0.3, 0.4) is 0 Å². The number of nitrogens with one attached hydrogen (secondary N) is 1. The van der Waals surface area contributed by atoms with Gasteiger partial charge in [0.15, 0.2) is 0 Å². The summed E-state index contributed by atoms with van der Waals surface area (Å²) < 4.78 is 4.97. The lowest BCUT2D eigenvalue weighted by atomic mass is 10.2. The van der Waals surface area contributed by atoms with E-state index in [9.17, 15) is 14.4 Å². The first-order valence-corrected chi connectivity index (χ1v) is 5.09. The van der Waals surface area contributed by atoms with Crippen molar-refractivity contribution in [1.82, 2.24) is 15.3 Å². The fraction of sp³-hybridized carbons (Fsp3) is 0.667. The van der Waals surface area contributed by atoms with Gasteiger partial charge in [0.25, 0.3) is 0 Å². The van der Waals surface area contributed by atoms with Gasteiger partial charge in [-0.1, -0.05) is 0 Å². The highest BCUT2D eigenvalue weighted by atomic mass is 16.6. The molecule has 8 nitrogen and oxygen atoms in total. The fourth-order valence-electron chi connectivity index (χ4n) is 1.26. The lowest BCUT2D eigenvalue weighted by Gasteiger charge is -2.22. The Morgan fingerprint density at radius 3 is 2.35 bits per heavy atom. The number of carbonyl (C=O) groups excluding carboxylic acids is 3. The largest absolute Gasteiger partial charge is 0.443 e. The molecule has 0 aliphatic carbocycles. The van der Waals surface area contributed by atoms with Crippen molar-refractivity contribution in [2.45, 2.75) is 26.4 Å². The molecule has 0 aromatic rings. The fourth-order valence-corrected chi connectivity index (χ4v) is 1.26. The highest BCUT2D eigenvalue weighted by Crippen LogP contribution is 2.09. The van der Waals surface area contributed by atoms with Gasteiger partial charge in [0, 0.05) is 0 Å². The molecule has 1 heterocycles. The molecule has 0 aromatic heterocycles. The number of nitrogens with two attached hydrogens (primary N) is 1. The molecule has 0 atom stereocenters. The van der Waals surface area contributed by atoms with Gasteiger partial charge in [-0.15, -0.1) is 0 Å². The monoisotopic (exact) mass is 244 g/mol. The summed E-state index contributed by atoms with van der Waals surface area (Å²) in [7, 11) is 0. The van der Waals surface area contributed by atoms with E-state index in [4.69, 9.17) is 10.5 Å². The van der Waals surface area contributed by atoms with Crippen LogP contribution in [0.1, 0.15) is 20.8 Å². The van der Waals surface area contributed by atoms with E-state index in [0.29, 0.717) is 0 Å². The Kier molecular flexibility index (Phi) is 3.45. The Morgan fingerprint density at radius 2 is 1.94 bits per heavy atom. The molecule has 1 aliphatic rings. The number of ether oxygens (including phenoxy) is 1. The van der Waals surface area contributed by atoms with Gasteiger partial charge < -0.3 is 10.5 Å². The molecule has 0 radical (unpaired) electrons. The standard InChI is InChI=1S/C9H16N4O4/c1-9(2,3)17-7(15)11-13-5-4-12(6(10)14)8(13)16/h4-5H2,1-3H3,(H2,10,14)(H,11,15). The third-order valence-corrected chi connectivity index (χ3v) is 1.90. The molecular formula is C9H16N4O4. The first-order valence-electron chi connectivity index (χ1n) is 5.09. The number of hydrazine groups is 1. The van der Waals surface area contributed by atoms with Gasteiger partial charge in [0.1, 0.15) is 5.60 Å². The molecule has 1 fully saturated rings. The second-order valence-corrected chi connectivity index (χ2v) is 4.54. The molecule has 0 spiro atoms. The van der Waals surface area contributed by atoms with Crippen LogP contribution >= 0.6 is 0 Å². The van der Waals surface area contributed by atoms with Crippen LogP contribution in [0.4, 0.5) is 14.4 Å². The van der Waals surface area contributed by atoms with Gasteiger partial charge >= 0.3 is 18.2 Å². The van der Waals surface area contributed by atoms with Crippen molar-refractivity contribution in [2.75, 3.05) is 13.1 Å². The summed E-state index contributed by atoms with van der Waals surface area (Å²) in [6.07, 6.45) is -0.753. The minimum Gasteiger partial charge on any atom is -0.443 e. The number of carbonyl (C=O) groups is 3. The van der Waals surface area contributed by atoms with Gasteiger partial charge in [-0.3, -0.25) is 0 Å². The first-order chi connectivity index (χ1) is 7.70.